The zero-order chi connectivity index (χ0) is 15.3. The van der Waals surface area contributed by atoms with Crippen LogP contribution in [0.5, 0.6) is 0 Å². The minimum atomic E-state index is -2.43. The number of carbonyl (C=O) groups excluding carboxylic acids is 1. The van der Waals surface area contributed by atoms with Gasteiger partial charge in [-0.05, 0) is 44.0 Å². The molecule has 0 saturated carbocycles. The summed E-state index contributed by atoms with van der Waals surface area (Å²) in [5, 5.41) is 2.57. The third-order valence-corrected chi connectivity index (χ3v) is 2.86. The third-order valence-electron chi connectivity index (χ3n) is 2.36. The van der Waals surface area contributed by atoms with Gasteiger partial charge in [0.25, 0.3) is 0 Å². The lowest BCUT2D eigenvalue weighted by molar-refractivity contribution is 0.0523. The number of rotatable bonds is 4. The molecule has 0 bridgehead atoms. The lowest BCUT2D eigenvalue weighted by Crippen LogP contribution is -2.32. The Morgan fingerprint density at radius 3 is 2.55 bits per heavy atom. The second kappa shape index (κ2) is 7.02. The molecule has 1 aromatic rings. The number of carbonyl (C=O) groups is 1. The van der Waals surface area contributed by atoms with Crippen LogP contribution in [0.1, 0.15) is 31.9 Å². The molecule has 0 fully saturated rings. The Labute approximate surface area is 125 Å². The van der Waals surface area contributed by atoms with Crippen molar-refractivity contribution < 1.29 is 18.3 Å². The predicted molar refractivity (Wildman–Crippen MR) is 76.9 cm³/mol. The zero-order valence-electron chi connectivity index (χ0n) is 11.7. The number of amides is 1. The van der Waals surface area contributed by atoms with Crippen molar-refractivity contribution in [2.75, 3.05) is 0 Å². The topological polar surface area (TPSA) is 38.3 Å². The Balaban J connectivity index is 2.70. The smallest absolute Gasteiger partial charge is 0.407 e. The van der Waals surface area contributed by atoms with E-state index in [-0.39, 0.29) is 13.0 Å². The summed E-state index contributed by atoms with van der Waals surface area (Å²) >= 11 is 3.25. The van der Waals surface area contributed by atoms with Crippen molar-refractivity contribution in [3.05, 3.63) is 33.8 Å². The summed E-state index contributed by atoms with van der Waals surface area (Å²) in [5.74, 6) is 0. The Hall–Kier alpha value is -1.17. The van der Waals surface area contributed by atoms with E-state index in [4.69, 9.17) is 4.74 Å². The van der Waals surface area contributed by atoms with Crippen LogP contribution in [-0.4, -0.2) is 18.1 Å². The number of hydrogen-bond donors (Lipinski definition) is 1. The highest BCUT2D eigenvalue weighted by atomic mass is 79.9. The largest absolute Gasteiger partial charge is 0.444 e. The summed E-state index contributed by atoms with van der Waals surface area (Å²) in [6, 6.07) is 5.10. The molecule has 0 unspecified atom stereocenters. The second-order valence-electron chi connectivity index (χ2n) is 5.36. The molecule has 0 aliphatic heterocycles. The van der Waals surface area contributed by atoms with E-state index in [0.717, 1.165) is 4.47 Å². The fourth-order valence-electron chi connectivity index (χ4n) is 1.60. The van der Waals surface area contributed by atoms with Gasteiger partial charge < -0.3 is 10.1 Å². The number of benzene rings is 1. The van der Waals surface area contributed by atoms with Gasteiger partial charge >= 0.3 is 6.09 Å². The molecule has 0 heterocycles. The standard InChI is InChI=1S/C14H18BrF2NO2/c1-14(2,3)20-13(19)18-8-9-4-5-11(15)6-10(9)7-12(16)17/h4-6,12H,7-8H2,1-3H3,(H,18,19). The summed E-state index contributed by atoms with van der Waals surface area (Å²) in [6.07, 6.45) is -3.34. The highest BCUT2D eigenvalue weighted by molar-refractivity contribution is 9.10. The molecule has 1 aromatic carbocycles. The highest BCUT2D eigenvalue weighted by Gasteiger charge is 2.16. The van der Waals surface area contributed by atoms with Gasteiger partial charge in [0.05, 0.1) is 0 Å². The van der Waals surface area contributed by atoms with E-state index >= 15 is 0 Å². The molecule has 0 atom stereocenters. The Kier molecular flexibility index (Phi) is 5.92. The lowest BCUT2D eigenvalue weighted by atomic mass is 10.0. The number of halogens is 3. The van der Waals surface area contributed by atoms with Crippen molar-refractivity contribution in [3.8, 4) is 0 Å². The molecule has 1 amide bonds. The zero-order valence-corrected chi connectivity index (χ0v) is 13.3. The molecule has 1 N–H and O–H groups in total. The fourth-order valence-corrected chi connectivity index (χ4v) is 2.01. The van der Waals surface area contributed by atoms with E-state index in [1.807, 2.05) is 0 Å². The summed E-state index contributed by atoms with van der Waals surface area (Å²) in [6.45, 7) is 5.43. The molecular formula is C14H18BrF2NO2. The maximum Gasteiger partial charge on any atom is 0.407 e. The number of hydrogen-bond acceptors (Lipinski definition) is 2. The molecule has 112 valence electrons. The van der Waals surface area contributed by atoms with Gasteiger partial charge in [-0.1, -0.05) is 22.0 Å². The molecule has 0 aliphatic carbocycles. The normalized spacial score (nSPS) is 11.6. The average Bonchev–Trinajstić information content (AvgIpc) is 2.24. The highest BCUT2D eigenvalue weighted by Crippen LogP contribution is 2.19. The van der Waals surface area contributed by atoms with Gasteiger partial charge in [-0.15, -0.1) is 0 Å². The quantitative estimate of drug-likeness (QED) is 0.880. The Bertz CT molecular complexity index is 473. The van der Waals surface area contributed by atoms with Crippen molar-refractivity contribution in [3.63, 3.8) is 0 Å². The molecule has 20 heavy (non-hydrogen) atoms. The van der Waals surface area contributed by atoms with Gasteiger partial charge in [0, 0.05) is 17.4 Å². The molecule has 0 radical (unpaired) electrons. The first-order valence-electron chi connectivity index (χ1n) is 6.19. The monoisotopic (exact) mass is 349 g/mol. The van der Waals surface area contributed by atoms with Crippen LogP contribution >= 0.6 is 15.9 Å². The van der Waals surface area contributed by atoms with Crippen LogP contribution in [0.4, 0.5) is 13.6 Å². The van der Waals surface area contributed by atoms with Crippen LogP contribution in [-0.2, 0) is 17.7 Å². The van der Waals surface area contributed by atoms with Crippen LogP contribution in [0, 0.1) is 0 Å². The van der Waals surface area contributed by atoms with E-state index in [1.165, 1.54) is 0 Å². The second-order valence-corrected chi connectivity index (χ2v) is 6.28. The van der Waals surface area contributed by atoms with Crippen LogP contribution in [0.15, 0.2) is 22.7 Å². The Morgan fingerprint density at radius 2 is 2.00 bits per heavy atom. The van der Waals surface area contributed by atoms with Crippen molar-refractivity contribution in [2.24, 2.45) is 0 Å². The number of alkyl carbamates (subject to hydrolysis) is 1. The molecule has 0 aromatic heterocycles. The summed E-state index contributed by atoms with van der Waals surface area (Å²) in [4.78, 5) is 11.5. The molecule has 0 aliphatic rings. The summed E-state index contributed by atoms with van der Waals surface area (Å²) in [7, 11) is 0. The lowest BCUT2D eigenvalue weighted by Gasteiger charge is -2.20. The van der Waals surface area contributed by atoms with Crippen LogP contribution in [0.2, 0.25) is 0 Å². The maximum atomic E-state index is 12.5. The SMILES string of the molecule is CC(C)(C)OC(=O)NCc1ccc(Br)cc1CC(F)F. The van der Waals surface area contributed by atoms with Gasteiger partial charge in [0.2, 0.25) is 6.43 Å². The number of alkyl halides is 2. The molecular weight excluding hydrogens is 332 g/mol. The van der Waals surface area contributed by atoms with Crippen LogP contribution in [0.3, 0.4) is 0 Å². The fraction of sp³-hybridized carbons (Fsp3) is 0.500. The summed E-state index contributed by atoms with van der Waals surface area (Å²) in [5.41, 5.74) is 0.570. The van der Waals surface area contributed by atoms with E-state index in [1.54, 1.807) is 39.0 Å². The van der Waals surface area contributed by atoms with Crippen molar-refractivity contribution in [1.82, 2.24) is 5.32 Å². The number of ether oxygens (including phenoxy) is 1. The molecule has 0 spiro atoms. The Morgan fingerprint density at radius 1 is 1.35 bits per heavy atom. The maximum absolute atomic E-state index is 12.5. The average molecular weight is 350 g/mol. The van der Waals surface area contributed by atoms with E-state index in [0.29, 0.717) is 11.1 Å². The van der Waals surface area contributed by atoms with E-state index in [2.05, 4.69) is 21.2 Å². The first kappa shape index (κ1) is 16.9. The van der Waals surface area contributed by atoms with Crippen molar-refractivity contribution >= 4 is 22.0 Å². The number of nitrogens with one attached hydrogen (secondary N) is 1. The summed E-state index contributed by atoms with van der Waals surface area (Å²) < 4.78 is 30.9. The van der Waals surface area contributed by atoms with Gasteiger partial charge in [0.15, 0.2) is 0 Å². The van der Waals surface area contributed by atoms with Crippen molar-refractivity contribution in [2.45, 2.75) is 45.8 Å². The van der Waals surface area contributed by atoms with E-state index < -0.39 is 18.1 Å². The first-order valence-corrected chi connectivity index (χ1v) is 6.99. The van der Waals surface area contributed by atoms with Gasteiger partial charge in [-0.25, -0.2) is 13.6 Å². The molecule has 0 saturated heterocycles. The minimum Gasteiger partial charge on any atom is -0.444 e. The van der Waals surface area contributed by atoms with Crippen LogP contribution < -0.4 is 5.32 Å². The molecule has 1 rings (SSSR count). The van der Waals surface area contributed by atoms with Crippen molar-refractivity contribution in [1.29, 1.82) is 0 Å². The predicted octanol–water partition coefficient (Wildman–Crippen LogP) is 4.28. The van der Waals surface area contributed by atoms with Gasteiger partial charge in [-0.3, -0.25) is 0 Å². The first-order chi connectivity index (χ1) is 9.17. The molecule has 3 nitrogen and oxygen atoms in total. The molecule has 6 heteroatoms. The van der Waals surface area contributed by atoms with Gasteiger partial charge in [-0.2, -0.15) is 0 Å². The van der Waals surface area contributed by atoms with Gasteiger partial charge in [0.1, 0.15) is 5.60 Å². The third kappa shape index (κ3) is 6.32. The van der Waals surface area contributed by atoms with E-state index in [9.17, 15) is 13.6 Å². The minimum absolute atomic E-state index is 0.157. The van der Waals surface area contributed by atoms with Crippen LogP contribution in [0.25, 0.3) is 0 Å².